The molecule has 0 aliphatic carbocycles. The third-order valence-corrected chi connectivity index (χ3v) is 4.64. The topological polar surface area (TPSA) is 73.2 Å². The number of anilines is 2. The summed E-state index contributed by atoms with van der Waals surface area (Å²) in [6.45, 7) is 4.38. The standard InChI is InChI=1S/C20H19N3O2/c1-13-4-3-5-18(14(13)2)23-12-16(10-19(23)24)20(25)22-17-8-6-15(11-21)7-9-17/h3-9,16H,10,12H2,1-2H3,(H,22,25)/t16-/m1/s1. The highest BCUT2D eigenvalue weighted by Crippen LogP contribution is 2.29. The molecular weight excluding hydrogens is 314 g/mol. The van der Waals surface area contributed by atoms with E-state index in [9.17, 15) is 9.59 Å². The average Bonchev–Trinajstić information content (AvgIpc) is 3.00. The summed E-state index contributed by atoms with van der Waals surface area (Å²) in [5, 5.41) is 11.6. The van der Waals surface area contributed by atoms with Gasteiger partial charge in [0.25, 0.3) is 0 Å². The Morgan fingerprint density at radius 2 is 1.92 bits per heavy atom. The van der Waals surface area contributed by atoms with Crippen LogP contribution in [0.1, 0.15) is 23.1 Å². The van der Waals surface area contributed by atoms with Gasteiger partial charge in [-0.25, -0.2) is 0 Å². The fraction of sp³-hybridized carbons (Fsp3) is 0.250. The summed E-state index contributed by atoms with van der Waals surface area (Å²) in [6.07, 6.45) is 0.204. The number of rotatable bonds is 3. The Kier molecular flexibility index (Phi) is 4.53. The molecule has 0 aromatic heterocycles. The van der Waals surface area contributed by atoms with E-state index in [1.165, 1.54) is 0 Å². The van der Waals surface area contributed by atoms with Gasteiger partial charge in [0.1, 0.15) is 0 Å². The summed E-state index contributed by atoms with van der Waals surface area (Å²) in [7, 11) is 0. The van der Waals surface area contributed by atoms with E-state index in [2.05, 4.69) is 5.32 Å². The van der Waals surface area contributed by atoms with E-state index in [0.717, 1.165) is 16.8 Å². The first-order valence-corrected chi connectivity index (χ1v) is 8.17. The minimum atomic E-state index is -0.386. The fourth-order valence-electron chi connectivity index (χ4n) is 3.02. The molecule has 0 saturated carbocycles. The highest BCUT2D eigenvalue weighted by molar-refractivity contribution is 6.03. The molecule has 0 radical (unpaired) electrons. The molecule has 5 heteroatoms. The fourth-order valence-corrected chi connectivity index (χ4v) is 3.02. The molecule has 0 unspecified atom stereocenters. The van der Waals surface area contributed by atoms with Crippen molar-refractivity contribution in [2.24, 2.45) is 5.92 Å². The summed E-state index contributed by atoms with van der Waals surface area (Å²) in [6, 6.07) is 14.6. The molecule has 1 fully saturated rings. The Bertz CT molecular complexity index is 866. The minimum Gasteiger partial charge on any atom is -0.326 e. The molecule has 25 heavy (non-hydrogen) atoms. The van der Waals surface area contributed by atoms with Crippen molar-refractivity contribution in [2.75, 3.05) is 16.8 Å². The van der Waals surface area contributed by atoms with Crippen LogP contribution in [-0.4, -0.2) is 18.4 Å². The lowest BCUT2D eigenvalue weighted by Gasteiger charge is -2.20. The van der Waals surface area contributed by atoms with Gasteiger partial charge in [0, 0.05) is 24.3 Å². The zero-order valence-corrected chi connectivity index (χ0v) is 14.2. The van der Waals surface area contributed by atoms with E-state index in [1.807, 2.05) is 38.1 Å². The lowest BCUT2D eigenvalue weighted by atomic mass is 10.1. The Morgan fingerprint density at radius 1 is 1.20 bits per heavy atom. The SMILES string of the molecule is Cc1cccc(N2C[C@H](C(=O)Nc3ccc(C#N)cc3)CC2=O)c1C. The van der Waals surface area contributed by atoms with E-state index in [-0.39, 0.29) is 24.2 Å². The van der Waals surface area contributed by atoms with Crippen molar-refractivity contribution in [1.29, 1.82) is 5.26 Å². The second-order valence-electron chi connectivity index (χ2n) is 6.30. The number of aryl methyl sites for hydroxylation is 1. The number of benzene rings is 2. The van der Waals surface area contributed by atoms with Gasteiger partial charge in [-0.3, -0.25) is 9.59 Å². The van der Waals surface area contributed by atoms with Gasteiger partial charge < -0.3 is 10.2 Å². The van der Waals surface area contributed by atoms with E-state index in [4.69, 9.17) is 5.26 Å². The number of amides is 2. The monoisotopic (exact) mass is 333 g/mol. The van der Waals surface area contributed by atoms with Gasteiger partial charge in [-0.15, -0.1) is 0 Å². The van der Waals surface area contributed by atoms with Crippen LogP contribution in [0.4, 0.5) is 11.4 Å². The molecule has 1 N–H and O–H groups in total. The van der Waals surface area contributed by atoms with Crippen LogP contribution >= 0.6 is 0 Å². The third kappa shape index (κ3) is 3.38. The average molecular weight is 333 g/mol. The van der Waals surface area contributed by atoms with E-state index >= 15 is 0 Å². The number of hydrogen-bond donors (Lipinski definition) is 1. The van der Waals surface area contributed by atoms with E-state index in [0.29, 0.717) is 17.8 Å². The zero-order valence-electron chi connectivity index (χ0n) is 14.2. The van der Waals surface area contributed by atoms with Gasteiger partial charge in [0.15, 0.2) is 0 Å². The molecular formula is C20H19N3O2. The van der Waals surface area contributed by atoms with Gasteiger partial charge in [-0.2, -0.15) is 5.26 Å². The largest absolute Gasteiger partial charge is 0.326 e. The van der Waals surface area contributed by atoms with Gasteiger partial charge in [0.2, 0.25) is 11.8 Å². The first-order chi connectivity index (χ1) is 12.0. The van der Waals surface area contributed by atoms with Crippen LogP contribution in [0.25, 0.3) is 0 Å². The molecule has 126 valence electrons. The predicted molar refractivity (Wildman–Crippen MR) is 96.2 cm³/mol. The molecule has 1 aliphatic rings. The molecule has 5 nitrogen and oxygen atoms in total. The minimum absolute atomic E-state index is 0.0336. The second kappa shape index (κ2) is 6.78. The van der Waals surface area contributed by atoms with Crippen LogP contribution in [0.5, 0.6) is 0 Å². The number of carbonyl (C=O) groups is 2. The Hall–Kier alpha value is -3.13. The molecule has 2 aromatic carbocycles. The smallest absolute Gasteiger partial charge is 0.229 e. The lowest BCUT2D eigenvalue weighted by molar-refractivity contribution is -0.122. The van der Waals surface area contributed by atoms with Crippen molar-refractivity contribution in [3.63, 3.8) is 0 Å². The van der Waals surface area contributed by atoms with Crippen LogP contribution in [-0.2, 0) is 9.59 Å². The molecule has 1 aliphatic heterocycles. The quantitative estimate of drug-likeness (QED) is 0.937. The van der Waals surface area contributed by atoms with Gasteiger partial charge >= 0.3 is 0 Å². The van der Waals surface area contributed by atoms with Gasteiger partial charge in [-0.1, -0.05) is 12.1 Å². The van der Waals surface area contributed by atoms with E-state index < -0.39 is 0 Å². The van der Waals surface area contributed by atoms with Crippen LogP contribution in [0.3, 0.4) is 0 Å². The Balaban J connectivity index is 1.72. The van der Waals surface area contributed by atoms with Crippen molar-refractivity contribution >= 4 is 23.2 Å². The van der Waals surface area contributed by atoms with Crippen molar-refractivity contribution in [1.82, 2.24) is 0 Å². The summed E-state index contributed by atoms with van der Waals surface area (Å²) in [4.78, 5) is 26.6. The maximum Gasteiger partial charge on any atom is 0.229 e. The molecule has 0 spiro atoms. The van der Waals surface area contributed by atoms with Crippen LogP contribution in [0.2, 0.25) is 0 Å². The highest BCUT2D eigenvalue weighted by atomic mass is 16.2. The summed E-state index contributed by atoms with van der Waals surface area (Å²) in [5.74, 6) is -0.595. The third-order valence-electron chi connectivity index (χ3n) is 4.64. The highest BCUT2D eigenvalue weighted by Gasteiger charge is 2.35. The number of nitriles is 1. The first kappa shape index (κ1) is 16.7. The van der Waals surface area contributed by atoms with Crippen LogP contribution < -0.4 is 10.2 Å². The maximum absolute atomic E-state index is 12.5. The maximum atomic E-state index is 12.5. The lowest BCUT2D eigenvalue weighted by Crippen LogP contribution is -2.28. The summed E-state index contributed by atoms with van der Waals surface area (Å²) < 4.78 is 0. The van der Waals surface area contributed by atoms with Gasteiger partial charge in [-0.05, 0) is 55.3 Å². The second-order valence-corrected chi connectivity index (χ2v) is 6.30. The molecule has 2 aromatic rings. The number of nitrogens with zero attached hydrogens (tertiary/aromatic N) is 2. The normalized spacial score (nSPS) is 16.6. The van der Waals surface area contributed by atoms with E-state index in [1.54, 1.807) is 29.2 Å². The summed E-state index contributed by atoms with van der Waals surface area (Å²) in [5.41, 5.74) is 4.22. The predicted octanol–water partition coefficient (Wildman–Crippen LogP) is 3.17. The summed E-state index contributed by atoms with van der Waals surface area (Å²) >= 11 is 0. The number of nitrogens with one attached hydrogen (secondary N) is 1. The van der Waals surface area contributed by atoms with Crippen molar-refractivity contribution in [3.8, 4) is 6.07 Å². The van der Waals surface area contributed by atoms with Crippen LogP contribution in [0, 0.1) is 31.1 Å². The zero-order chi connectivity index (χ0) is 18.0. The molecule has 1 atom stereocenters. The van der Waals surface area contributed by atoms with Crippen LogP contribution in [0.15, 0.2) is 42.5 Å². The van der Waals surface area contributed by atoms with Crippen molar-refractivity contribution < 1.29 is 9.59 Å². The molecule has 0 bridgehead atoms. The van der Waals surface area contributed by atoms with Crippen molar-refractivity contribution in [2.45, 2.75) is 20.3 Å². The number of hydrogen-bond acceptors (Lipinski definition) is 3. The molecule has 2 amide bonds. The Labute approximate surface area is 146 Å². The molecule has 3 rings (SSSR count). The first-order valence-electron chi connectivity index (χ1n) is 8.17. The molecule has 1 heterocycles. The van der Waals surface area contributed by atoms with Gasteiger partial charge in [0.05, 0.1) is 17.6 Å². The van der Waals surface area contributed by atoms with Crippen molar-refractivity contribution in [3.05, 3.63) is 59.2 Å². The Morgan fingerprint density at radius 3 is 2.60 bits per heavy atom. The molecule has 1 saturated heterocycles. The number of carbonyl (C=O) groups excluding carboxylic acids is 2.